The van der Waals surface area contributed by atoms with Gasteiger partial charge in [0.1, 0.15) is 5.82 Å². The van der Waals surface area contributed by atoms with E-state index >= 15 is 0 Å². The van der Waals surface area contributed by atoms with E-state index < -0.39 is 12.3 Å². The summed E-state index contributed by atoms with van der Waals surface area (Å²) in [6.07, 6.45) is 3.99. The van der Waals surface area contributed by atoms with E-state index in [0.717, 1.165) is 33.9 Å². The number of aryl methyl sites for hydroxylation is 1. The molecule has 0 spiro atoms. The SMILES string of the molecule is C=CC(=O)N1C[C@@H](F)[C@H](Oc2nc(Nc3ncc(C)s3)cc3c2ccn3C[C@@H](C)CC)C1. The Balaban J connectivity index is 1.68. The standard InChI is InChI=1S/C23H28FN5O2S/c1-5-14(3)11-28-8-7-16-18(28)9-20(27-23-25-10-15(4)32-23)26-22(16)31-19-13-29(12-17(19)24)21(30)6-2/h6-10,14,17,19H,2,5,11-13H2,1,3-4H3,(H,25,26,27)/t14-,17+,19+/m0/s1. The van der Waals surface area contributed by atoms with Crippen molar-refractivity contribution >= 4 is 39.1 Å². The summed E-state index contributed by atoms with van der Waals surface area (Å²) in [6, 6.07) is 3.92. The van der Waals surface area contributed by atoms with Crippen molar-refractivity contribution in [3.8, 4) is 5.88 Å². The molecule has 0 aromatic carbocycles. The number of fused-ring (bicyclic) bond motifs is 1. The van der Waals surface area contributed by atoms with Crippen LogP contribution in [0.1, 0.15) is 25.1 Å². The number of pyridine rings is 1. The minimum Gasteiger partial charge on any atom is -0.469 e. The Labute approximate surface area is 190 Å². The quantitative estimate of drug-likeness (QED) is 0.496. The van der Waals surface area contributed by atoms with Crippen molar-refractivity contribution in [3.63, 3.8) is 0 Å². The van der Waals surface area contributed by atoms with Crippen LogP contribution < -0.4 is 10.1 Å². The molecule has 0 aliphatic carbocycles. The molecule has 1 aliphatic heterocycles. The molecule has 3 atom stereocenters. The number of thiazole rings is 1. The first-order valence-corrected chi connectivity index (χ1v) is 11.6. The molecule has 4 heterocycles. The topological polar surface area (TPSA) is 72.3 Å². The molecule has 1 amide bonds. The molecule has 1 aliphatic rings. The third-order valence-electron chi connectivity index (χ3n) is 5.74. The van der Waals surface area contributed by atoms with Gasteiger partial charge in [-0.1, -0.05) is 26.8 Å². The zero-order valence-corrected chi connectivity index (χ0v) is 19.4. The summed E-state index contributed by atoms with van der Waals surface area (Å²) in [7, 11) is 0. The Hall–Kier alpha value is -2.94. The second kappa shape index (κ2) is 9.28. The van der Waals surface area contributed by atoms with Gasteiger partial charge in [-0.05, 0) is 25.0 Å². The first-order valence-electron chi connectivity index (χ1n) is 10.8. The van der Waals surface area contributed by atoms with Gasteiger partial charge in [0.05, 0.1) is 24.0 Å². The summed E-state index contributed by atoms with van der Waals surface area (Å²) in [5.74, 6) is 1.14. The maximum Gasteiger partial charge on any atom is 0.246 e. The number of nitrogens with one attached hydrogen (secondary N) is 1. The van der Waals surface area contributed by atoms with E-state index in [9.17, 15) is 9.18 Å². The van der Waals surface area contributed by atoms with E-state index in [1.807, 2.05) is 25.3 Å². The molecule has 7 nitrogen and oxygen atoms in total. The Morgan fingerprint density at radius 2 is 2.31 bits per heavy atom. The van der Waals surface area contributed by atoms with Gasteiger partial charge in [0.15, 0.2) is 17.4 Å². The van der Waals surface area contributed by atoms with Crippen molar-refractivity contribution in [1.29, 1.82) is 0 Å². The Kier molecular flexibility index (Phi) is 6.45. The maximum atomic E-state index is 14.7. The lowest BCUT2D eigenvalue weighted by Crippen LogP contribution is -2.30. The second-order valence-corrected chi connectivity index (χ2v) is 9.48. The van der Waals surface area contributed by atoms with Crippen LogP contribution in [0.5, 0.6) is 5.88 Å². The zero-order chi connectivity index (χ0) is 22.8. The summed E-state index contributed by atoms with van der Waals surface area (Å²) in [5.41, 5.74) is 0.957. The summed E-state index contributed by atoms with van der Waals surface area (Å²) < 4.78 is 22.9. The van der Waals surface area contributed by atoms with E-state index in [1.54, 1.807) is 6.20 Å². The maximum absolute atomic E-state index is 14.7. The van der Waals surface area contributed by atoms with Crippen LogP contribution in [0.15, 0.2) is 37.2 Å². The number of hydrogen-bond donors (Lipinski definition) is 1. The van der Waals surface area contributed by atoms with Crippen molar-refractivity contribution in [2.75, 3.05) is 18.4 Å². The minimum atomic E-state index is -1.30. The molecule has 1 fully saturated rings. The number of likely N-dealkylation sites (tertiary alicyclic amines) is 1. The molecular weight excluding hydrogens is 429 g/mol. The fourth-order valence-electron chi connectivity index (χ4n) is 3.76. The monoisotopic (exact) mass is 457 g/mol. The largest absolute Gasteiger partial charge is 0.469 e. The zero-order valence-electron chi connectivity index (χ0n) is 18.5. The number of ether oxygens (including phenoxy) is 1. The van der Waals surface area contributed by atoms with Crippen LogP contribution in [0.3, 0.4) is 0 Å². The van der Waals surface area contributed by atoms with Crippen LogP contribution in [-0.2, 0) is 11.3 Å². The lowest BCUT2D eigenvalue weighted by atomic mass is 10.1. The van der Waals surface area contributed by atoms with Gasteiger partial charge in [0.2, 0.25) is 11.8 Å². The van der Waals surface area contributed by atoms with Gasteiger partial charge in [0, 0.05) is 29.9 Å². The van der Waals surface area contributed by atoms with Crippen LogP contribution in [0.2, 0.25) is 0 Å². The molecule has 3 aromatic rings. The average Bonchev–Trinajstić information content (AvgIpc) is 3.47. The van der Waals surface area contributed by atoms with Crippen molar-refractivity contribution in [1.82, 2.24) is 19.4 Å². The normalized spacial score (nSPS) is 19.3. The number of rotatable bonds is 8. The highest BCUT2D eigenvalue weighted by Crippen LogP contribution is 2.32. The van der Waals surface area contributed by atoms with Crippen molar-refractivity contribution in [3.05, 3.63) is 42.1 Å². The summed E-state index contributed by atoms with van der Waals surface area (Å²) in [6.45, 7) is 10.9. The van der Waals surface area contributed by atoms with Gasteiger partial charge in [-0.15, -0.1) is 11.3 Å². The molecule has 1 saturated heterocycles. The molecule has 0 saturated carbocycles. The predicted molar refractivity (Wildman–Crippen MR) is 125 cm³/mol. The number of amides is 1. The molecule has 4 rings (SSSR count). The molecule has 9 heteroatoms. The molecule has 0 unspecified atom stereocenters. The van der Waals surface area contributed by atoms with Crippen LogP contribution in [-0.4, -0.2) is 50.7 Å². The average molecular weight is 458 g/mol. The third-order valence-corrected chi connectivity index (χ3v) is 6.57. The molecular formula is C23H28FN5O2S. The fraction of sp³-hybridized carbons (Fsp3) is 0.435. The smallest absolute Gasteiger partial charge is 0.246 e. The highest BCUT2D eigenvalue weighted by molar-refractivity contribution is 7.15. The van der Waals surface area contributed by atoms with Crippen molar-refractivity contribution in [2.45, 2.75) is 46.0 Å². The van der Waals surface area contributed by atoms with Crippen LogP contribution in [0, 0.1) is 12.8 Å². The molecule has 0 bridgehead atoms. The third kappa shape index (κ3) is 4.62. The van der Waals surface area contributed by atoms with E-state index in [0.29, 0.717) is 17.6 Å². The Morgan fingerprint density at radius 3 is 3.00 bits per heavy atom. The number of halogens is 1. The van der Waals surface area contributed by atoms with Gasteiger partial charge in [0.25, 0.3) is 0 Å². The van der Waals surface area contributed by atoms with E-state index in [4.69, 9.17) is 4.74 Å². The van der Waals surface area contributed by atoms with Gasteiger partial charge in [-0.25, -0.2) is 9.37 Å². The van der Waals surface area contributed by atoms with Crippen LogP contribution in [0.4, 0.5) is 15.3 Å². The molecule has 1 N–H and O–H groups in total. The molecule has 32 heavy (non-hydrogen) atoms. The predicted octanol–water partition coefficient (Wildman–Crippen LogP) is 4.70. The first kappa shape index (κ1) is 22.3. The van der Waals surface area contributed by atoms with Gasteiger partial charge in [-0.2, -0.15) is 4.98 Å². The van der Waals surface area contributed by atoms with Crippen molar-refractivity contribution in [2.24, 2.45) is 5.92 Å². The Bertz CT molecular complexity index is 1130. The number of hydrogen-bond acceptors (Lipinski definition) is 6. The number of aromatic nitrogens is 3. The molecule has 3 aromatic heterocycles. The number of alkyl halides is 1. The molecule has 0 radical (unpaired) electrons. The lowest BCUT2D eigenvalue weighted by Gasteiger charge is -2.17. The van der Waals surface area contributed by atoms with Crippen LogP contribution >= 0.6 is 11.3 Å². The van der Waals surface area contributed by atoms with E-state index in [-0.39, 0.29) is 19.0 Å². The summed E-state index contributed by atoms with van der Waals surface area (Å²) >= 11 is 1.53. The summed E-state index contributed by atoms with van der Waals surface area (Å²) in [5, 5.41) is 4.79. The number of carbonyl (C=O) groups excluding carboxylic acids is 1. The minimum absolute atomic E-state index is 0.00990. The molecule has 170 valence electrons. The van der Waals surface area contributed by atoms with Gasteiger partial charge >= 0.3 is 0 Å². The highest BCUT2D eigenvalue weighted by atomic mass is 32.1. The first-order chi connectivity index (χ1) is 15.4. The van der Waals surface area contributed by atoms with Crippen LogP contribution in [0.25, 0.3) is 10.9 Å². The number of nitrogens with zero attached hydrogens (tertiary/aromatic N) is 4. The lowest BCUT2D eigenvalue weighted by molar-refractivity contribution is -0.125. The highest BCUT2D eigenvalue weighted by Gasteiger charge is 2.37. The number of carbonyl (C=O) groups is 1. The Morgan fingerprint density at radius 1 is 1.50 bits per heavy atom. The van der Waals surface area contributed by atoms with Gasteiger partial charge < -0.3 is 19.5 Å². The van der Waals surface area contributed by atoms with E-state index in [1.165, 1.54) is 22.3 Å². The van der Waals surface area contributed by atoms with E-state index in [2.05, 4.69) is 40.3 Å². The van der Waals surface area contributed by atoms with Crippen molar-refractivity contribution < 1.29 is 13.9 Å². The number of anilines is 2. The second-order valence-electron chi connectivity index (χ2n) is 8.25. The van der Waals surface area contributed by atoms with Gasteiger partial charge in [-0.3, -0.25) is 4.79 Å². The summed E-state index contributed by atoms with van der Waals surface area (Å²) in [4.78, 5) is 23.4. The fourth-order valence-corrected chi connectivity index (χ4v) is 4.43.